The van der Waals surface area contributed by atoms with Crippen LogP contribution in [0.2, 0.25) is 0 Å². The molecule has 2 atom stereocenters. The summed E-state index contributed by atoms with van der Waals surface area (Å²) in [6, 6.07) is 8.06. The first-order valence-electron chi connectivity index (χ1n) is 8.58. The maximum absolute atomic E-state index is 12.0. The normalized spacial score (nSPS) is 20.4. The summed E-state index contributed by atoms with van der Waals surface area (Å²) in [6.07, 6.45) is 4.33. The first kappa shape index (κ1) is 17.8. The Labute approximate surface area is 138 Å². The Balaban J connectivity index is 1.66. The molecule has 128 valence electrons. The average molecular weight is 320 g/mol. The highest BCUT2D eigenvalue weighted by Gasteiger charge is 2.29. The van der Waals surface area contributed by atoms with Crippen molar-refractivity contribution in [1.29, 1.82) is 0 Å². The zero-order valence-electron chi connectivity index (χ0n) is 13.9. The van der Waals surface area contributed by atoms with Gasteiger partial charge in [-0.25, -0.2) is 0 Å². The first-order chi connectivity index (χ1) is 11.2. The Morgan fingerprint density at radius 3 is 2.78 bits per heavy atom. The zero-order valence-corrected chi connectivity index (χ0v) is 13.9. The molecule has 1 aliphatic heterocycles. The van der Waals surface area contributed by atoms with Crippen molar-refractivity contribution in [3.63, 3.8) is 0 Å². The molecule has 1 aromatic rings. The second-order valence-corrected chi connectivity index (χ2v) is 5.95. The van der Waals surface area contributed by atoms with Crippen LogP contribution < -0.4 is 15.8 Å². The van der Waals surface area contributed by atoms with E-state index in [0.29, 0.717) is 13.1 Å². The SMILES string of the molecule is CCCCOc1ccc(CCNC(=O)[C@@H]2CC[C@H](CN)O2)cc1. The van der Waals surface area contributed by atoms with Crippen molar-refractivity contribution in [3.8, 4) is 5.75 Å². The number of nitrogens with two attached hydrogens (primary N) is 1. The van der Waals surface area contributed by atoms with Crippen molar-refractivity contribution in [3.05, 3.63) is 29.8 Å². The van der Waals surface area contributed by atoms with Crippen LogP contribution in [0, 0.1) is 0 Å². The van der Waals surface area contributed by atoms with Gasteiger partial charge in [-0.1, -0.05) is 25.5 Å². The summed E-state index contributed by atoms with van der Waals surface area (Å²) in [5.41, 5.74) is 6.74. The minimum absolute atomic E-state index is 0.0273. The van der Waals surface area contributed by atoms with Gasteiger partial charge in [0.1, 0.15) is 11.9 Å². The van der Waals surface area contributed by atoms with E-state index in [4.69, 9.17) is 15.2 Å². The van der Waals surface area contributed by atoms with E-state index < -0.39 is 0 Å². The molecule has 5 heteroatoms. The number of ether oxygens (including phenoxy) is 2. The van der Waals surface area contributed by atoms with E-state index in [0.717, 1.165) is 44.5 Å². The number of carbonyl (C=O) groups excluding carboxylic acids is 1. The van der Waals surface area contributed by atoms with Crippen LogP contribution in [0.5, 0.6) is 5.75 Å². The lowest BCUT2D eigenvalue weighted by Gasteiger charge is -2.12. The van der Waals surface area contributed by atoms with Crippen molar-refractivity contribution < 1.29 is 14.3 Å². The molecule has 2 rings (SSSR count). The van der Waals surface area contributed by atoms with Gasteiger partial charge in [0.05, 0.1) is 12.7 Å². The molecular weight excluding hydrogens is 292 g/mol. The predicted molar refractivity (Wildman–Crippen MR) is 90.5 cm³/mol. The van der Waals surface area contributed by atoms with E-state index in [1.54, 1.807) is 0 Å². The molecule has 1 amide bonds. The smallest absolute Gasteiger partial charge is 0.249 e. The van der Waals surface area contributed by atoms with E-state index in [1.165, 1.54) is 5.56 Å². The van der Waals surface area contributed by atoms with Gasteiger partial charge in [0.25, 0.3) is 0 Å². The summed E-state index contributed by atoms with van der Waals surface area (Å²) < 4.78 is 11.2. The average Bonchev–Trinajstić information content (AvgIpc) is 3.06. The molecule has 5 nitrogen and oxygen atoms in total. The lowest BCUT2D eigenvalue weighted by Crippen LogP contribution is -2.36. The molecule has 1 aliphatic rings. The lowest BCUT2D eigenvalue weighted by molar-refractivity contribution is -0.131. The van der Waals surface area contributed by atoms with Crippen LogP contribution in [0.1, 0.15) is 38.2 Å². The molecule has 3 N–H and O–H groups in total. The van der Waals surface area contributed by atoms with Crippen LogP contribution in [0.3, 0.4) is 0 Å². The molecule has 0 spiro atoms. The van der Waals surface area contributed by atoms with Crippen molar-refractivity contribution in [1.82, 2.24) is 5.32 Å². The van der Waals surface area contributed by atoms with Gasteiger partial charge in [0, 0.05) is 13.1 Å². The third-order valence-electron chi connectivity index (χ3n) is 4.07. The molecule has 1 saturated heterocycles. The van der Waals surface area contributed by atoms with Gasteiger partial charge in [0.2, 0.25) is 5.91 Å². The van der Waals surface area contributed by atoms with Gasteiger partial charge >= 0.3 is 0 Å². The molecule has 1 fully saturated rings. The maximum Gasteiger partial charge on any atom is 0.249 e. The fourth-order valence-electron chi connectivity index (χ4n) is 2.60. The minimum Gasteiger partial charge on any atom is -0.494 e. The quantitative estimate of drug-likeness (QED) is 0.683. The number of benzene rings is 1. The standard InChI is InChI=1S/C18H28N2O3/c1-2-3-12-22-15-6-4-14(5-7-15)10-11-20-18(21)17-9-8-16(13-19)23-17/h4-7,16-17H,2-3,8-13,19H2,1H3,(H,20,21)/t16-,17+/m1/s1. The van der Waals surface area contributed by atoms with Crippen LogP contribution in [-0.4, -0.2) is 37.8 Å². The van der Waals surface area contributed by atoms with Gasteiger partial charge in [-0.3, -0.25) is 4.79 Å². The van der Waals surface area contributed by atoms with Crippen molar-refractivity contribution in [2.75, 3.05) is 19.7 Å². The second-order valence-electron chi connectivity index (χ2n) is 5.95. The van der Waals surface area contributed by atoms with Crippen molar-refractivity contribution in [2.45, 2.75) is 51.2 Å². The number of hydrogen-bond donors (Lipinski definition) is 2. The highest BCUT2D eigenvalue weighted by Crippen LogP contribution is 2.19. The van der Waals surface area contributed by atoms with Crippen molar-refractivity contribution >= 4 is 5.91 Å². The highest BCUT2D eigenvalue weighted by atomic mass is 16.5. The molecule has 0 saturated carbocycles. The third-order valence-corrected chi connectivity index (χ3v) is 4.07. The molecule has 1 heterocycles. The number of unbranched alkanes of at least 4 members (excludes halogenated alkanes) is 1. The van der Waals surface area contributed by atoms with E-state index in [9.17, 15) is 4.79 Å². The molecule has 0 unspecified atom stereocenters. The van der Waals surface area contributed by atoms with Crippen molar-refractivity contribution in [2.24, 2.45) is 5.73 Å². The summed E-state index contributed by atoms with van der Waals surface area (Å²) >= 11 is 0. The highest BCUT2D eigenvalue weighted by molar-refractivity contribution is 5.81. The van der Waals surface area contributed by atoms with Crippen LogP contribution in [0.4, 0.5) is 0 Å². The minimum atomic E-state index is -0.335. The molecule has 23 heavy (non-hydrogen) atoms. The Kier molecular flexibility index (Phi) is 7.36. The van der Waals surface area contributed by atoms with E-state index in [-0.39, 0.29) is 18.1 Å². The monoisotopic (exact) mass is 320 g/mol. The predicted octanol–water partition coefficient (Wildman–Crippen LogP) is 2.03. The van der Waals surface area contributed by atoms with Gasteiger partial charge in [-0.05, 0) is 43.4 Å². The van der Waals surface area contributed by atoms with Crippen LogP contribution in [-0.2, 0) is 16.0 Å². The van der Waals surface area contributed by atoms with E-state index >= 15 is 0 Å². The number of nitrogens with one attached hydrogen (secondary N) is 1. The third kappa shape index (κ3) is 5.84. The molecule has 1 aromatic carbocycles. The van der Waals surface area contributed by atoms with Crippen LogP contribution in [0.15, 0.2) is 24.3 Å². The van der Waals surface area contributed by atoms with Gasteiger partial charge < -0.3 is 20.5 Å². The molecule has 0 aromatic heterocycles. The van der Waals surface area contributed by atoms with Gasteiger partial charge in [-0.2, -0.15) is 0 Å². The fourth-order valence-corrected chi connectivity index (χ4v) is 2.60. The molecular formula is C18H28N2O3. The van der Waals surface area contributed by atoms with Crippen LogP contribution in [0.25, 0.3) is 0 Å². The zero-order chi connectivity index (χ0) is 16.5. The maximum atomic E-state index is 12.0. The summed E-state index contributed by atoms with van der Waals surface area (Å²) in [4.78, 5) is 12.0. The summed E-state index contributed by atoms with van der Waals surface area (Å²) in [5.74, 6) is 0.874. The topological polar surface area (TPSA) is 73.6 Å². The molecule has 0 bridgehead atoms. The van der Waals surface area contributed by atoms with Crippen LogP contribution >= 0.6 is 0 Å². The second kappa shape index (κ2) is 9.53. The Morgan fingerprint density at radius 2 is 2.13 bits per heavy atom. The summed E-state index contributed by atoms with van der Waals surface area (Å²) in [7, 11) is 0. The lowest BCUT2D eigenvalue weighted by atomic mass is 10.1. The molecule has 0 radical (unpaired) electrons. The summed E-state index contributed by atoms with van der Waals surface area (Å²) in [5, 5.41) is 2.94. The Bertz CT molecular complexity index is 476. The Morgan fingerprint density at radius 1 is 1.35 bits per heavy atom. The largest absolute Gasteiger partial charge is 0.494 e. The molecule has 0 aliphatic carbocycles. The Hall–Kier alpha value is -1.59. The van der Waals surface area contributed by atoms with E-state index in [1.807, 2.05) is 24.3 Å². The van der Waals surface area contributed by atoms with Gasteiger partial charge in [0.15, 0.2) is 0 Å². The number of carbonyl (C=O) groups is 1. The summed E-state index contributed by atoms with van der Waals surface area (Å²) in [6.45, 7) is 4.00. The number of amides is 1. The number of rotatable bonds is 9. The number of hydrogen-bond acceptors (Lipinski definition) is 4. The van der Waals surface area contributed by atoms with E-state index in [2.05, 4.69) is 12.2 Å². The van der Waals surface area contributed by atoms with Gasteiger partial charge in [-0.15, -0.1) is 0 Å². The fraction of sp³-hybridized carbons (Fsp3) is 0.611. The first-order valence-corrected chi connectivity index (χ1v) is 8.58.